The van der Waals surface area contributed by atoms with Gasteiger partial charge < -0.3 is 9.47 Å². The Labute approximate surface area is 188 Å². The molecule has 2 aromatic carbocycles. The number of nitrogens with zero attached hydrogens (tertiary/aromatic N) is 2. The molecule has 0 bridgehead atoms. The molecule has 0 amide bonds. The van der Waals surface area contributed by atoms with Crippen LogP contribution in [-0.4, -0.2) is 41.4 Å². The van der Waals surface area contributed by atoms with E-state index in [9.17, 15) is 0 Å². The summed E-state index contributed by atoms with van der Waals surface area (Å²) in [5, 5.41) is 0. The van der Waals surface area contributed by atoms with Gasteiger partial charge in [0, 0.05) is 49.0 Å². The van der Waals surface area contributed by atoms with E-state index in [2.05, 4.69) is 81.1 Å². The predicted octanol–water partition coefficient (Wildman–Crippen LogP) is 5.35. The predicted molar refractivity (Wildman–Crippen MR) is 126 cm³/mol. The van der Waals surface area contributed by atoms with E-state index in [4.69, 9.17) is 9.47 Å². The van der Waals surface area contributed by atoms with E-state index in [0.29, 0.717) is 12.0 Å². The minimum atomic E-state index is 0.422. The maximum Gasteiger partial charge on any atom is 0.164 e. The van der Waals surface area contributed by atoms with Gasteiger partial charge in [-0.1, -0.05) is 44.2 Å². The lowest BCUT2D eigenvalue weighted by molar-refractivity contribution is 0.148. The summed E-state index contributed by atoms with van der Waals surface area (Å²) in [7, 11) is 1.74. The van der Waals surface area contributed by atoms with Crippen molar-refractivity contribution in [3.63, 3.8) is 0 Å². The molecule has 1 saturated heterocycles. The number of hydrogen-bond donors (Lipinski definition) is 0. The van der Waals surface area contributed by atoms with Crippen molar-refractivity contribution in [2.45, 2.75) is 45.2 Å². The molecule has 2 aliphatic rings. The number of aryl methyl sites for hydroxylation is 1. The van der Waals surface area contributed by atoms with E-state index < -0.39 is 0 Å². The Bertz CT molecular complexity index is 838. The molecule has 4 nitrogen and oxygen atoms in total. The molecule has 29 heavy (non-hydrogen) atoms. The molecule has 1 unspecified atom stereocenters. The van der Waals surface area contributed by atoms with E-state index in [1.54, 1.807) is 7.11 Å². The quantitative estimate of drug-likeness (QED) is 0.403. The molecule has 0 N–H and O–H groups in total. The Morgan fingerprint density at radius 2 is 2.03 bits per heavy atom. The van der Waals surface area contributed by atoms with E-state index in [1.807, 2.05) is 0 Å². The van der Waals surface area contributed by atoms with Gasteiger partial charge in [-0.2, -0.15) is 0 Å². The second-order valence-electron chi connectivity index (χ2n) is 8.40. The van der Waals surface area contributed by atoms with E-state index >= 15 is 0 Å². The number of benzene rings is 2. The molecule has 2 aromatic rings. The molecule has 2 heterocycles. The van der Waals surface area contributed by atoms with Gasteiger partial charge in [-0.3, -0.25) is 4.90 Å². The van der Waals surface area contributed by atoms with Crippen molar-refractivity contribution in [3.8, 4) is 11.5 Å². The Hall–Kier alpha value is -1.31. The molecule has 1 atom stereocenters. The number of ether oxygens (including phenoxy) is 2. The van der Waals surface area contributed by atoms with Gasteiger partial charge in [-0.15, -0.1) is 0 Å². The average Bonchev–Trinajstić information content (AvgIpc) is 2.74. The summed E-state index contributed by atoms with van der Waals surface area (Å²) in [5.74, 6) is 2.37. The van der Waals surface area contributed by atoms with Crippen LogP contribution in [0.1, 0.15) is 54.5 Å². The van der Waals surface area contributed by atoms with Crippen LogP contribution < -0.4 is 9.47 Å². The Balaban J connectivity index is 1.55. The standard InChI is InChI=1S/C24H31IN2O2/c1-17(2)20-8-4-5-9-21(20)22-16-26(10-11-27(22)25)15-18-13-19-7-6-12-29-24(19)23(14-18)28-3/h4-5,8-9,13-14,17,22H,6-7,10-12,15-16H2,1-3H3. The van der Waals surface area contributed by atoms with E-state index in [0.717, 1.165) is 57.1 Å². The molecule has 2 aliphatic heterocycles. The minimum absolute atomic E-state index is 0.422. The van der Waals surface area contributed by atoms with Crippen LogP contribution in [0.25, 0.3) is 0 Å². The number of methoxy groups -OCH3 is 1. The first-order valence-corrected chi connectivity index (χ1v) is 11.6. The summed E-state index contributed by atoms with van der Waals surface area (Å²) in [4.78, 5) is 2.59. The summed E-state index contributed by atoms with van der Waals surface area (Å²) in [5.41, 5.74) is 5.55. The maximum atomic E-state index is 5.87. The van der Waals surface area contributed by atoms with Gasteiger partial charge in [-0.05, 0) is 47.1 Å². The van der Waals surface area contributed by atoms with Crippen molar-refractivity contribution in [2.24, 2.45) is 0 Å². The Kier molecular flexibility index (Phi) is 6.66. The van der Waals surface area contributed by atoms with Crippen LogP contribution in [0.3, 0.4) is 0 Å². The molecule has 0 radical (unpaired) electrons. The number of piperazine rings is 1. The van der Waals surface area contributed by atoms with Crippen molar-refractivity contribution in [3.05, 3.63) is 58.7 Å². The zero-order valence-electron chi connectivity index (χ0n) is 17.7. The summed E-state index contributed by atoms with van der Waals surface area (Å²) < 4.78 is 14.0. The summed E-state index contributed by atoms with van der Waals surface area (Å²) in [6, 6.07) is 13.9. The fourth-order valence-electron chi connectivity index (χ4n) is 4.56. The third-order valence-corrected chi connectivity index (χ3v) is 7.19. The fraction of sp³-hybridized carbons (Fsp3) is 0.500. The van der Waals surface area contributed by atoms with Crippen molar-refractivity contribution < 1.29 is 9.47 Å². The summed E-state index contributed by atoms with van der Waals surface area (Å²) >= 11 is 2.51. The highest BCUT2D eigenvalue weighted by atomic mass is 127. The van der Waals surface area contributed by atoms with Crippen LogP contribution >= 0.6 is 22.9 Å². The van der Waals surface area contributed by atoms with Crippen LogP contribution in [0.5, 0.6) is 11.5 Å². The van der Waals surface area contributed by atoms with Crippen LogP contribution in [0.4, 0.5) is 0 Å². The largest absolute Gasteiger partial charge is 0.493 e. The third kappa shape index (κ3) is 4.57. The molecule has 4 rings (SSSR count). The molecular formula is C24H31IN2O2. The smallest absolute Gasteiger partial charge is 0.164 e. The molecule has 0 spiro atoms. The van der Waals surface area contributed by atoms with Crippen LogP contribution in [0.2, 0.25) is 0 Å². The number of rotatable bonds is 5. The molecule has 5 heteroatoms. The monoisotopic (exact) mass is 506 g/mol. The topological polar surface area (TPSA) is 24.9 Å². The minimum Gasteiger partial charge on any atom is -0.493 e. The zero-order chi connectivity index (χ0) is 20.4. The number of fused-ring (bicyclic) bond motifs is 1. The highest BCUT2D eigenvalue weighted by Crippen LogP contribution is 2.38. The fourth-order valence-corrected chi connectivity index (χ4v) is 5.25. The first-order chi connectivity index (χ1) is 14.1. The van der Waals surface area contributed by atoms with Crippen LogP contribution in [-0.2, 0) is 13.0 Å². The molecular weight excluding hydrogens is 475 g/mol. The maximum absolute atomic E-state index is 5.87. The second-order valence-corrected chi connectivity index (χ2v) is 9.64. The van der Waals surface area contributed by atoms with Gasteiger partial charge in [0.05, 0.1) is 19.8 Å². The van der Waals surface area contributed by atoms with Crippen molar-refractivity contribution >= 4 is 22.9 Å². The van der Waals surface area contributed by atoms with Crippen LogP contribution in [0, 0.1) is 0 Å². The third-order valence-electron chi connectivity index (χ3n) is 6.03. The lowest BCUT2D eigenvalue weighted by Gasteiger charge is -2.39. The molecule has 0 saturated carbocycles. The van der Waals surface area contributed by atoms with Crippen molar-refractivity contribution in [1.29, 1.82) is 0 Å². The molecule has 1 fully saturated rings. The Morgan fingerprint density at radius 1 is 1.21 bits per heavy atom. The van der Waals surface area contributed by atoms with Gasteiger partial charge in [0.15, 0.2) is 11.5 Å². The lowest BCUT2D eigenvalue weighted by atomic mass is 9.91. The normalized spacial score (nSPS) is 20.4. The van der Waals surface area contributed by atoms with Crippen molar-refractivity contribution in [1.82, 2.24) is 8.01 Å². The SMILES string of the molecule is COc1cc(CN2CCN(I)C(c3ccccc3C(C)C)C2)cc2c1OCCC2. The summed E-state index contributed by atoms with van der Waals surface area (Å²) in [6.45, 7) is 9.52. The zero-order valence-corrected chi connectivity index (χ0v) is 19.8. The average molecular weight is 506 g/mol. The molecule has 156 valence electrons. The summed E-state index contributed by atoms with van der Waals surface area (Å²) in [6.07, 6.45) is 2.16. The van der Waals surface area contributed by atoms with Gasteiger partial charge in [-0.25, -0.2) is 3.11 Å². The van der Waals surface area contributed by atoms with Gasteiger partial charge in [0.2, 0.25) is 0 Å². The van der Waals surface area contributed by atoms with E-state index in [-0.39, 0.29) is 0 Å². The highest BCUT2D eigenvalue weighted by molar-refractivity contribution is 14.1. The van der Waals surface area contributed by atoms with Gasteiger partial charge in [0.25, 0.3) is 0 Å². The lowest BCUT2D eigenvalue weighted by Crippen LogP contribution is -2.44. The molecule has 0 aliphatic carbocycles. The first kappa shape index (κ1) is 20.9. The number of halogens is 1. The number of hydrogen-bond acceptors (Lipinski definition) is 4. The Morgan fingerprint density at radius 3 is 2.83 bits per heavy atom. The van der Waals surface area contributed by atoms with Gasteiger partial charge in [0.1, 0.15) is 0 Å². The highest BCUT2D eigenvalue weighted by Gasteiger charge is 2.29. The van der Waals surface area contributed by atoms with Gasteiger partial charge >= 0.3 is 0 Å². The van der Waals surface area contributed by atoms with Crippen LogP contribution in [0.15, 0.2) is 36.4 Å². The van der Waals surface area contributed by atoms with E-state index in [1.165, 1.54) is 22.3 Å². The second kappa shape index (κ2) is 9.23. The first-order valence-electron chi connectivity index (χ1n) is 10.6. The molecule has 0 aromatic heterocycles. The van der Waals surface area contributed by atoms with Crippen molar-refractivity contribution in [2.75, 3.05) is 33.4 Å².